The topological polar surface area (TPSA) is 20.2 Å². The molecule has 1 aromatic carbocycles. The van der Waals surface area contributed by atoms with E-state index < -0.39 is 0 Å². The van der Waals surface area contributed by atoms with Crippen LogP contribution in [0, 0.1) is 0 Å². The zero-order chi connectivity index (χ0) is 11.9. The van der Waals surface area contributed by atoms with E-state index in [0.29, 0.717) is 5.75 Å². The van der Waals surface area contributed by atoms with E-state index >= 15 is 0 Å². The monoisotopic (exact) mass is 246 g/mol. The molecule has 0 spiro atoms. The molecule has 1 nitrogen and oxygen atoms in total. The Hall–Kier alpha value is 0.656. The molecule has 0 radical (unpaired) electrons. The summed E-state index contributed by atoms with van der Waals surface area (Å²) in [4.78, 5) is 0. The fraction of sp³-hybridized carbons (Fsp3) is 0.571. The molecule has 0 saturated heterocycles. The maximum atomic E-state index is 10.3. The summed E-state index contributed by atoms with van der Waals surface area (Å²) in [6.07, 6.45) is 0. The van der Waals surface area contributed by atoms with E-state index in [1.807, 2.05) is 18.2 Å². The second-order valence-electron chi connectivity index (χ2n) is 6.20. The predicted octanol–water partition coefficient (Wildman–Crippen LogP) is 3.34. The van der Waals surface area contributed by atoms with Crippen LogP contribution in [0.4, 0.5) is 0 Å². The first-order valence-electron chi connectivity index (χ1n) is 5.47. The Morgan fingerprint density at radius 2 is 1.12 bits per heavy atom. The Morgan fingerprint density at radius 1 is 0.812 bits per heavy atom. The van der Waals surface area contributed by atoms with Gasteiger partial charge in [0.15, 0.2) is 0 Å². The average molecular weight is 246 g/mol. The van der Waals surface area contributed by atoms with Crippen molar-refractivity contribution in [3.8, 4) is 5.75 Å². The standard InChI is InChI=1S/C14H22O.K.H/c1-13(2,3)10-8-7-9-11(12(10)15)14(4,5)6;;/h7-9,15H,1-6H3;;. The van der Waals surface area contributed by atoms with Crippen LogP contribution < -0.4 is 0 Å². The number of benzene rings is 1. The van der Waals surface area contributed by atoms with E-state index in [1.165, 1.54) is 0 Å². The van der Waals surface area contributed by atoms with Crippen molar-refractivity contribution in [1.82, 2.24) is 0 Å². The van der Waals surface area contributed by atoms with Crippen molar-refractivity contribution >= 4 is 51.4 Å². The summed E-state index contributed by atoms with van der Waals surface area (Å²) in [5.41, 5.74) is 2.03. The molecule has 0 aromatic heterocycles. The second kappa shape index (κ2) is 5.53. The number of para-hydroxylation sites is 1. The van der Waals surface area contributed by atoms with Gasteiger partial charge in [-0.15, -0.1) is 0 Å². The van der Waals surface area contributed by atoms with Gasteiger partial charge in [0.2, 0.25) is 0 Å². The van der Waals surface area contributed by atoms with Crippen LogP contribution in [0.25, 0.3) is 0 Å². The van der Waals surface area contributed by atoms with Crippen molar-refractivity contribution in [3.05, 3.63) is 29.3 Å². The number of phenols is 1. The van der Waals surface area contributed by atoms with Crippen LogP contribution in [-0.4, -0.2) is 56.5 Å². The quantitative estimate of drug-likeness (QED) is 0.696. The molecule has 0 atom stereocenters. The van der Waals surface area contributed by atoms with Gasteiger partial charge in [0.05, 0.1) is 0 Å². The summed E-state index contributed by atoms with van der Waals surface area (Å²) in [7, 11) is 0. The molecular formula is C14H23KO. The van der Waals surface area contributed by atoms with Crippen LogP contribution >= 0.6 is 0 Å². The molecule has 0 saturated carbocycles. The molecule has 0 aliphatic rings. The number of aromatic hydroxyl groups is 1. The molecule has 1 rings (SSSR count). The molecule has 0 amide bonds. The number of hydrogen-bond acceptors (Lipinski definition) is 1. The van der Waals surface area contributed by atoms with Gasteiger partial charge in [0.1, 0.15) is 5.75 Å². The summed E-state index contributed by atoms with van der Waals surface area (Å²) in [6.45, 7) is 12.7. The van der Waals surface area contributed by atoms with Crippen LogP contribution in [0.15, 0.2) is 18.2 Å². The first-order valence-corrected chi connectivity index (χ1v) is 5.47. The Morgan fingerprint density at radius 3 is 1.38 bits per heavy atom. The minimum atomic E-state index is -0.00859. The van der Waals surface area contributed by atoms with Crippen molar-refractivity contribution in [2.24, 2.45) is 0 Å². The number of phenolic OH excluding ortho intramolecular Hbond substituents is 1. The molecule has 0 unspecified atom stereocenters. The van der Waals surface area contributed by atoms with Crippen molar-refractivity contribution in [3.63, 3.8) is 0 Å². The first-order chi connectivity index (χ1) is 6.64. The van der Waals surface area contributed by atoms with Gasteiger partial charge in [-0.3, -0.25) is 0 Å². The van der Waals surface area contributed by atoms with Crippen molar-refractivity contribution < 1.29 is 5.11 Å². The van der Waals surface area contributed by atoms with Crippen LogP contribution in [0.3, 0.4) is 0 Å². The van der Waals surface area contributed by atoms with Gasteiger partial charge in [-0.05, 0) is 22.0 Å². The Kier molecular flexibility index (Phi) is 5.76. The van der Waals surface area contributed by atoms with Crippen molar-refractivity contribution in [2.45, 2.75) is 52.4 Å². The van der Waals surface area contributed by atoms with Gasteiger partial charge in [-0.2, -0.15) is 0 Å². The second-order valence-corrected chi connectivity index (χ2v) is 6.20. The Bertz CT molecular complexity index is 324. The van der Waals surface area contributed by atoms with Gasteiger partial charge in [0, 0.05) is 0 Å². The van der Waals surface area contributed by atoms with Gasteiger partial charge in [0.25, 0.3) is 0 Å². The van der Waals surface area contributed by atoms with Crippen molar-refractivity contribution in [1.29, 1.82) is 0 Å². The molecule has 1 N–H and O–H groups in total. The fourth-order valence-electron chi connectivity index (χ4n) is 1.75. The normalized spacial score (nSPS) is 12.1. The van der Waals surface area contributed by atoms with E-state index in [-0.39, 0.29) is 62.2 Å². The minimum absolute atomic E-state index is 0. The van der Waals surface area contributed by atoms with Gasteiger partial charge < -0.3 is 5.11 Å². The molecule has 0 aliphatic carbocycles. The molecule has 0 fully saturated rings. The zero-order valence-corrected chi connectivity index (χ0v) is 10.7. The Balaban J connectivity index is 0.00000225. The number of hydrogen-bond donors (Lipinski definition) is 1. The van der Waals surface area contributed by atoms with Gasteiger partial charge in [-0.1, -0.05) is 59.7 Å². The van der Waals surface area contributed by atoms with E-state index in [0.717, 1.165) is 11.1 Å². The van der Waals surface area contributed by atoms with Crippen LogP contribution in [0.5, 0.6) is 5.75 Å². The summed E-state index contributed by atoms with van der Waals surface area (Å²) >= 11 is 0. The van der Waals surface area contributed by atoms with Gasteiger partial charge >= 0.3 is 51.4 Å². The summed E-state index contributed by atoms with van der Waals surface area (Å²) < 4.78 is 0. The molecule has 0 bridgehead atoms. The molecule has 86 valence electrons. The molecule has 16 heavy (non-hydrogen) atoms. The average Bonchev–Trinajstić information content (AvgIpc) is 1.99. The Labute approximate surface area is 142 Å². The van der Waals surface area contributed by atoms with Crippen LogP contribution in [0.1, 0.15) is 52.7 Å². The van der Waals surface area contributed by atoms with E-state index in [2.05, 4.69) is 41.5 Å². The summed E-state index contributed by atoms with van der Waals surface area (Å²) in [5.74, 6) is 0.456. The molecule has 1 aromatic rings. The molecule has 2 heteroatoms. The van der Waals surface area contributed by atoms with Gasteiger partial charge in [-0.25, -0.2) is 0 Å². The fourth-order valence-corrected chi connectivity index (χ4v) is 1.75. The van der Waals surface area contributed by atoms with Crippen LogP contribution in [-0.2, 0) is 10.8 Å². The van der Waals surface area contributed by atoms with E-state index in [9.17, 15) is 5.11 Å². The predicted molar refractivity (Wildman–Crippen MR) is 72.7 cm³/mol. The molecule has 0 heterocycles. The summed E-state index contributed by atoms with van der Waals surface area (Å²) in [6, 6.07) is 6.04. The third kappa shape index (κ3) is 3.85. The SMILES string of the molecule is CC(C)(C)c1cccc(C(C)(C)C)c1O.[KH]. The summed E-state index contributed by atoms with van der Waals surface area (Å²) in [5, 5.41) is 10.3. The first kappa shape index (κ1) is 16.7. The van der Waals surface area contributed by atoms with Crippen LogP contribution in [0.2, 0.25) is 0 Å². The third-order valence-electron chi connectivity index (χ3n) is 2.65. The van der Waals surface area contributed by atoms with E-state index in [1.54, 1.807) is 0 Å². The zero-order valence-electron chi connectivity index (χ0n) is 10.7. The molecule has 0 aliphatic heterocycles. The molecular weight excluding hydrogens is 223 g/mol. The third-order valence-corrected chi connectivity index (χ3v) is 2.65. The number of rotatable bonds is 0. The van der Waals surface area contributed by atoms with E-state index in [4.69, 9.17) is 0 Å². The maximum absolute atomic E-state index is 10.3. The van der Waals surface area contributed by atoms with Crippen molar-refractivity contribution in [2.75, 3.05) is 0 Å².